The van der Waals surface area contributed by atoms with Crippen molar-refractivity contribution in [2.24, 2.45) is 5.92 Å². The summed E-state index contributed by atoms with van der Waals surface area (Å²) in [5.74, 6) is -0.240. The maximum Gasteiger partial charge on any atom is 0.410 e. The third-order valence-electron chi connectivity index (χ3n) is 5.76. The number of aliphatic hydroxyl groups excluding tert-OH is 1. The zero-order chi connectivity index (χ0) is 26.2. The summed E-state index contributed by atoms with van der Waals surface area (Å²) >= 11 is 0. The van der Waals surface area contributed by atoms with Gasteiger partial charge in [-0.3, -0.25) is 4.79 Å². The van der Waals surface area contributed by atoms with Crippen LogP contribution in [0, 0.1) is 5.92 Å². The Morgan fingerprint density at radius 1 is 1.14 bits per heavy atom. The minimum Gasteiger partial charge on any atom is -0.445 e. The number of nitrogens with zero attached hydrogens (tertiary/aromatic N) is 1. The normalized spacial score (nSPS) is 21.6. The number of carbonyl (C=O) groups excluding carboxylic acids is 3. The Hall–Kier alpha value is -2.81. The average molecular weight is 492 g/mol. The topological polar surface area (TPSA) is 117 Å². The van der Waals surface area contributed by atoms with Gasteiger partial charge in [-0.1, -0.05) is 44.2 Å². The molecular formula is C26H41N3O6. The van der Waals surface area contributed by atoms with Crippen LogP contribution in [0.4, 0.5) is 9.59 Å². The molecule has 35 heavy (non-hydrogen) atoms. The number of nitrogens with one attached hydrogen (secondary N) is 2. The van der Waals surface area contributed by atoms with Gasteiger partial charge in [0.2, 0.25) is 5.91 Å². The lowest BCUT2D eigenvalue weighted by Crippen LogP contribution is -2.54. The molecule has 4 atom stereocenters. The molecule has 0 spiro atoms. The molecule has 9 heteroatoms. The third-order valence-corrected chi connectivity index (χ3v) is 5.76. The lowest BCUT2D eigenvalue weighted by molar-refractivity contribution is -0.125. The average Bonchev–Trinajstić information content (AvgIpc) is 2.89. The Kier molecular flexibility index (Phi) is 10.4. The van der Waals surface area contributed by atoms with Gasteiger partial charge in [-0.05, 0) is 58.4 Å². The fourth-order valence-corrected chi connectivity index (χ4v) is 3.94. The first-order valence-electron chi connectivity index (χ1n) is 12.3. The molecule has 0 radical (unpaired) electrons. The van der Waals surface area contributed by atoms with E-state index in [0.717, 1.165) is 5.56 Å². The first kappa shape index (κ1) is 28.4. The predicted molar refractivity (Wildman–Crippen MR) is 133 cm³/mol. The second-order valence-electron chi connectivity index (χ2n) is 10.6. The third kappa shape index (κ3) is 9.76. The van der Waals surface area contributed by atoms with Crippen LogP contribution in [0.5, 0.6) is 0 Å². The fraction of sp³-hybridized carbons (Fsp3) is 0.654. The van der Waals surface area contributed by atoms with Crippen LogP contribution in [0.3, 0.4) is 0 Å². The highest BCUT2D eigenvalue weighted by Crippen LogP contribution is 2.20. The lowest BCUT2D eigenvalue weighted by Gasteiger charge is -2.29. The fourth-order valence-electron chi connectivity index (χ4n) is 3.94. The molecule has 3 unspecified atom stereocenters. The van der Waals surface area contributed by atoms with E-state index in [9.17, 15) is 19.5 Å². The van der Waals surface area contributed by atoms with Gasteiger partial charge in [0, 0.05) is 6.04 Å². The Balaban J connectivity index is 1.99. The molecule has 1 aromatic rings. The lowest BCUT2D eigenvalue weighted by atomic mass is 10.0. The van der Waals surface area contributed by atoms with Crippen molar-refractivity contribution < 1.29 is 29.0 Å². The van der Waals surface area contributed by atoms with Crippen LogP contribution in [0.25, 0.3) is 0 Å². The Morgan fingerprint density at radius 3 is 2.40 bits per heavy atom. The molecule has 0 saturated carbocycles. The van der Waals surface area contributed by atoms with Crippen LogP contribution in [-0.2, 0) is 20.9 Å². The molecule has 0 bridgehead atoms. The summed E-state index contributed by atoms with van der Waals surface area (Å²) in [6.45, 7) is 11.3. The van der Waals surface area contributed by atoms with Gasteiger partial charge in [0.15, 0.2) is 0 Å². The minimum absolute atomic E-state index is 0.0358. The summed E-state index contributed by atoms with van der Waals surface area (Å²) in [4.78, 5) is 39.6. The second-order valence-corrected chi connectivity index (χ2v) is 10.6. The summed E-state index contributed by atoms with van der Waals surface area (Å²) in [6, 6.07) is 7.86. The molecular weight excluding hydrogens is 450 g/mol. The van der Waals surface area contributed by atoms with E-state index in [1.54, 1.807) is 20.8 Å². The van der Waals surface area contributed by atoms with Crippen LogP contribution in [0.15, 0.2) is 30.3 Å². The molecule has 2 rings (SSSR count). The molecule has 3 N–H and O–H groups in total. The van der Waals surface area contributed by atoms with E-state index in [2.05, 4.69) is 10.6 Å². The van der Waals surface area contributed by atoms with Gasteiger partial charge in [-0.25, -0.2) is 9.59 Å². The van der Waals surface area contributed by atoms with E-state index >= 15 is 0 Å². The smallest absolute Gasteiger partial charge is 0.410 e. The number of aliphatic hydroxyl groups is 1. The standard InChI is InChI=1S/C26H41N3O6/c1-17(2)14-21(28-24(32)35-26(4,5)6)23(31)27-20-13-12-18(3)29(15-22(20)30)25(33)34-16-19-10-8-7-9-11-19/h7-11,17-18,20-22,30H,12-16H2,1-6H3,(H,27,31)(H,28,32)/t18?,20?,21-,22?/m0/s1. The molecule has 1 aromatic carbocycles. The van der Waals surface area contributed by atoms with Crippen molar-refractivity contribution in [1.82, 2.24) is 15.5 Å². The number of β-amino-alcohol motifs (C(OH)–C–C–N with tert-alkyl or cyclic N) is 1. The number of likely N-dealkylation sites (tertiary alicyclic amines) is 1. The van der Waals surface area contributed by atoms with E-state index in [1.165, 1.54) is 4.90 Å². The highest BCUT2D eigenvalue weighted by Gasteiger charge is 2.35. The number of rotatable bonds is 7. The van der Waals surface area contributed by atoms with Crippen molar-refractivity contribution in [2.75, 3.05) is 6.54 Å². The molecule has 3 amide bonds. The highest BCUT2D eigenvalue weighted by atomic mass is 16.6. The van der Waals surface area contributed by atoms with E-state index in [4.69, 9.17) is 9.47 Å². The molecule has 0 aliphatic carbocycles. The van der Waals surface area contributed by atoms with Crippen molar-refractivity contribution in [1.29, 1.82) is 0 Å². The summed E-state index contributed by atoms with van der Waals surface area (Å²) < 4.78 is 10.8. The molecule has 1 aliphatic rings. The zero-order valence-corrected chi connectivity index (χ0v) is 21.7. The summed E-state index contributed by atoms with van der Waals surface area (Å²) in [5.41, 5.74) is 0.192. The maximum absolute atomic E-state index is 13.1. The van der Waals surface area contributed by atoms with E-state index in [1.807, 2.05) is 51.1 Å². The zero-order valence-electron chi connectivity index (χ0n) is 21.7. The molecule has 9 nitrogen and oxygen atoms in total. The predicted octanol–water partition coefficient (Wildman–Crippen LogP) is 3.59. The van der Waals surface area contributed by atoms with Crippen LogP contribution in [0.1, 0.15) is 66.4 Å². The van der Waals surface area contributed by atoms with Gasteiger partial charge in [0.1, 0.15) is 18.2 Å². The first-order valence-corrected chi connectivity index (χ1v) is 12.3. The van der Waals surface area contributed by atoms with Crippen molar-refractivity contribution in [3.05, 3.63) is 35.9 Å². The van der Waals surface area contributed by atoms with E-state index < -0.39 is 36.0 Å². The number of hydrogen-bond donors (Lipinski definition) is 3. The summed E-state index contributed by atoms with van der Waals surface area (Å²) in [7, 11) is 0. The van der Waals surface area contributed by atoms with Crippen LogP contribution < -0.4 is 10.6 Å². The van der Waals surface area contributed by atoms with Gasteiger partial charge >= 0.3 is 12.2 Å². The molecule has 0 aromatic heterocycles. The van der Waals surface area contributed by atoms with Crippen molar-refractivity contribution in [2.45, 2.75) is 97.2 Å². The van der Waals surface area contributed by atoms with Gasteiger partial charge < -0.3 is 30.1 Å². The van der Waals surface area contributed by atoms with Crippen LogP contribution in [-0.4, -0.2) is 64.5 Å². The molecule has 1 heterocycles. The van der Waals surface area contributed by atoms with Gasteiger partial charge in [0.25, 0.3) is 0 Å². The van der Waals surface area contributed by atoms with Crippen LogP contribution in [0.2, 0.25) is 0 Å². The molecule has 196 valence electrons. The van der Waals surface area contributed by atoms with Crippen molar-refractivity contribution >= 4 is 18.1 Å². The Morgan fingerprint density at radius 2 is 1.80 bits per heavy atom. The van der Waals surface area contributed by atoms with Crippen molar-refractivity contribution in [3.8, 4) is 0 Å². The van der Waals surface area contributed by atoms with E-state index in [0.29, 0.717) is 19.3 Å². The molecule has 1 aliphatic heterocycles. The van der Waals surface area contributed by atoms with Crippen LogP contribution >= 0.6 is 0 Å². The maximum atomic E-state index is 13.1. The Bertz CT molecular complexity index is 839. The summed E-state index contributed by atoms with van der Waals surface area (Å²) in [5, 5.41) is 16.4. The molecule has 1 fully saturated rings. The molecule has 1 saturated heterocycles. The number of benzene rings is 1. The van der Waals surface area contributed by atoms with Gasteiger partial charge in [0.05, 0.1) is 18.7 Å². The van der Waals surface area contributed by atoms with Gasteiger partial charge in [-0.2, -0.15) is 0 Å². The largest absolute Gasteiger partial charge is 0.445 e. The SMILES string of the molecule is CC(C)C[C@H](NC(=O)OC(C)(C)C)C(=O)NC1CCC(C)N(C(=O)OCc2ccccc2)CC1O. The number of alkyl carbamates (subject to hydrolysis) is 1. The first-order chi connectivity index (χ1) is 16.4. The Labute approximate surface area is 208 Å². The van der Waals surface area contributed by atoms with Gasteiger partial charge in [-0.15, -0.1) is 0 Å². The minimum atomic E-state index is -0.977. The monoisotopic (exact) mass is 491 g/mol. The summed E-state index contributed by atoms with van der Waals surface area (Å²) in [6.07, 6.45) is -0.664. The quantitative estimate of drug-likeness (QED) is 0.537. The highest BCUT2D eigenvalue weighted by molar-refractivity contribution is 5.86. The van der Waals surface area contributed by atoms with E-state index in [-0.39, 0.29) is 31.0 Å². The number of carbonyl (C=O) groups is 3. The number of amides is 3. The van der Waals surface area contributed by atoms with Crippen molar-refractivity contribution in [3.63, 3.8) is 0 Å². The second kappa shape index (κ2) is 12.8. The number of ether oxygens (including phenoxy) is 2. The number of hydrogen-bond acceptors (Lipinski definition) is 6.